The van der Waals surface area contributed by atoms with E-state index in [2.05, 4.69) is 10.3 Å². The van der Waals surface area contributed by atoms with Gasteiger partial charge in [0.1, 0.15) is 5.75 Å². The van der Waals surface area contributed by atoms with Gasteiger partial charge in [-0.15, -0.1) is 11.3 Å². The van der Waals surface area contributed by atoms with Crippen LogP contribution < -0.4 is 10.1 Å². The molecule has 0 radical (unpaired) electrons. The Morgan fingerprint density at radius 1 is 1.08 bits per heavy atom. The first-order valence-electron chi connectivity index (χ1n) is 7.46. The Hall–Kier alpha value is -2.92. The molecule has 0 aliphatic carbocycles. The Balaban J connectivity index is 1.71. The molecule has 118 valence electrons. The van der Waals surface area contributed by atoms with Crippen LogP contribution in [0.2, 0.25) is 0 Å². The average Bonchev–Trinajstić information content (AvgIpc) is 3.08. The van der Waals surface area contributed by atoms with Crippen LogP contribution in [0.3, 0.4) is 0 Å². The fourth-order valence-electron chi connectivity index (χ4n) is 2.70. The van der Waals surface area contributed by atoms with Gasteiger partial charge in [0, 0.05) is 5.69 Å². The Labute approximate surface area is 142 Å². The zero-order chi connectivity index (χ0) is 16.5. The van der Waals surface area contributed by atoms with E-state index in [1.165, 1.54) is 0 Å². The zero-order valence-electron chi connectivity index (χ0n) is 12.9. The number of rotatable bonds is 3. The highest BCUT2D eigenvalue weighted by molar-refractivity contribution is 7.16. The highest BCUT2D eigenvalue weighted by Gasteiger charge is 2.14. The molecule has 0 aliphatic heterocycles. The molecule has 24 heavy (non-hydrogen) atoms. The second-order valence-corrected chi connectivity index (χ2v) is 6.27. The molecule has 0 spiro atoms. The van der Waals surface area contributed by atoms with Crippen molar-refractivity contribution in [3.05, 3.63) is 65.7 Å². The average molecular weight is 334 g/mol. The van der Waals surface area contributed by atoms with Crippen molar-refractivity contribution >= 4 is 43.9 Å². The maximum atomic E-state index is 12.7. The summed E-state index contributed by atoms with van der Waals surface area (Å²) >= 11 is 1.55. The molecule has 0 fully saturated rings. The molecule has 0 saturated heterocycles. The first-order chi connectivity index (χ1) is 11.7. The van der Waals surface area contributed by atoms with E-state index in [0.717, 1.165) is 26.7 Å². The molecule has 3 aromatic carbocycles. The lowest BCUT2D eigenvalue weighted by atomic mass is 10.1. The molecular weight excluding hydrogens is 320 g/mol. The van der Waals surface area contributed by atoms with E-state index in [4.69, 9.17) is 4.74 Å². The third kappa shape index (κ3) is 2.59. The number of fused-ring (bicyclic) bond motifs is 2. The van der Waals surface area contributed by atoms with Gasteiger partial charge in [-0.05, 0) is 41.1 Å². The summed E-state index contributed by atoms with van der Waals surface area (Å²) in [5, 5.41) is 4.98. The topological polar surface area (TPSA) is 51.2 Å². The molecule has 4 rings (SSSR count). The fraction of sp³-hybridized carbons (Fsp3) is 0.0526. The van der Waals surface area contributed by atoms with Crippen LogP contribution in [0.25, 0.3) is 21.0 Å². The molecule has 1 aromatic heterocycles. The number of hydrogen-bond donors (Lipinski definition) is 1. The maximum Gasteiger partial charge on any atom is 0.259 e. The van der Waals surface area contributed by atoms with Crippen LogP contribution in [-0.4, -0.2) is 18.0 Å². The van der Waals surface area contributed by atoms with Gasteiger partial charge in [-0.1, -0.05) is 24.3 Å². The van der Waals surface area contributed by atoms with Crippen molar-refractivity contribution in [1.82, 2.24) is 4.98 Å². The molecule has 4 nitrogen and oxygen atoms in total. The van der Waals surface area contributed by atoms with E-state index in [-0.39, 0.29) is 5.91 Å². The van der Waals surface area contributed by atoms with Crippen LogP contribution in [0, 0.1) is 0 Å². The number of thiazole rings is 1. The number of benzene rings is 3. The lowest BCUT2D eigenvalue weighted by molar-refractivity contribution is 0.102. The Morgan fingerprint density at radius 2 is 1.88 bits per heavy atom. The minimum Gasteiger partial charge on any atom is -0.496 e. The van der Waals surface area contributed by atoms with Gasteiger partial charge < -0.3 is 10.1 Å². The van der Waals surface area contributed by atoms with Gasteiger partial charge in [0.05, 0.1) is 28.4 Å². The predicted molar refractivity (Wildman–Crippen MR) is 98.1 cm³/mol. The summed E-state index contributed by atoms with van der Waals surface area (Å²) in [5.41, 5.74) is 3.98. The number of ether oxygens (including phenoxy) is 1. The number of nitrogens with one attached hydrogen (secondary N) is 1. The molecule has 1 amide bonds. The molecule has 0 saturated carbocycles. The first kappa shape index (κ1) is 14.7. The minimum absolute atomic E-state index is 0.193. The van der Waals surface area contributed by atoms with Crippen LogP contribution in [-0.2, 0) is 0 Å². The second kappa shape index (κ2) is 5.94. The summed E-state index contributed by atoms with van der Waals surface area (Å²) in [6.07, 6.45) is 0. The SMILES string of the molecule is COc1cc2ccccc2cc1C(=O)Nc1ccc2ncsc2c1. The highest BCUT2D eigenvalue weighted by Crippen LogP contribution is 2.27. The van der Waals surface area contributed by atoms with Crippen LogP contribution in [0.4, 0.5) is 5.69 Å². The summed E-state index contributed by atoms with van der Waals surface area (Å²) in [5.74, 6) is 0.367. The smallest absolute Gasteiger partial charge is 0.259 e. The molecule has 1 N–H and O–H groups in total. The van der Waals surface area contributed by atoms with Gasteiger partial charge in [-0.3, -0.25) is 4.79 Å². The van der Waals surface area contributed by atoms with Gasteiger partial charge in [0.15, 0.2) is 0 Å². The second-order valence-electron chi connectivity index (χ2n) is 5.39. The molecule has 0 atom stereocenters. The number of carbonyl (C=O) groups excluding carboxylic acids is 1. The molecule has 0 unspecified atom stereocenters. The standard InChI is InChI=1S/C19H14N2O2S/c1-23-17-9-13-5-3-2-4-12(13)8-15(17)19(22)21-14-6-7-16-18(10-14)24-11-20-16/h2-11H,1H3,(H,21,22). The molecular formula is C19H14N2O2S. The number of anilines is 1. The van der Waals surface area contributed by atoms with E-state index in [9.17, 15) is 4.79 Å². The third-order valence-electron chi connectivity index (χ3n) is 3.90. The van der Waals surface area contributed by atoms with Crippen molar-refractivity contribution in [1.29, 1.82) is 0 Å². The summed E-state index contributed by atoms with van der Waals surface area (Å²) in [6, 6.07) is 17.3. The van der Waals surface area contributed by atoms with E-state index in [0.29, 0.717) is 11.3 Å². The van der Waals surface area contributed by atoms with Crippen molar-refractivity contribution < 1.29 is 9.53 Å². The molecule has 4 aromatic rings. The highest BCUT2D eigenvalue weighted by atomic mass is 32.1. The quantitative estimate of drug-likeness (QED) is 0.590. The Bertz CT molecular complexity index is 1060. The maximum absolute atomic E-state index is 12.7. The summed E-state index contributed by atoms with van der Waals surface area (Å²) in [7, 11) is 1.57. The van der Waals surface area contributed by atoms with Crippen molar-refractivity contribution in [3.63, 3.8) is 0 Å². The number of nitrogens with zero attached hydrogens (tertiary/aromatic N) is 1. The lowest BCUT2D eigenvalue weighted by Gasteiger charge is -2.11. The lowest BCUT2D eigenvalue weighted by Crippen LogP contribution is -2.13. The number of amides is 1. The van der Waals surface area contributed by atoms with Crippen LogP contribution in [0.1, 0.15) is 10.4 Å². The van der Waals surface area contributed by atoms with Gasteiger partial charge in [0.2, 0.25) is 0 Å². The predicted octanol–water partition coefficient (Wildman–Crippen LogP) is 4.71. The largest absolute Gasteiger partial charge is 0.496 e. The van der Waals surface area contributed by atoms with Crippen molar-refractivity contribution in [2.45, 2.75) is 0 Å². The molecule has 1 heterocycles. The van der Waals surface area contributed by atoms with E-state index in [1.807, 2.05) is 54.6 Å². The van der Waals surface area contributed by atoms with E-state index in [1.54, 1.807) is 24.0 Å². The summed E-state index contributed by atoms with van der Waals surface area (Å²) in [4.78, 5) is 17.0. The Kier molecular flexibility index (Phi) is 3.63. The third-order valence-corrected chi connectivity index (χ3v) is 4.69. The van der Waals surface area contributed by atoms with Gasteiger partial charge in [-0.2, -0.15) is 0 Å². The fourth-order valence-corrected chi connectivity index (χ4v) is 3.41. The number of aromatic nitrogens is 1. The molecule has 5 heteroatoms. The van der Waals surface area contributed by atoms with Gasteiger partial charge >= 0.3 is 0 Å². The van der Waals surface area contributed by atoms with Crippen LogP contribution >= 0.6 is 11.3 Å². The van der Waals surface area contributed by atoms with Gasteiger partial charge in [0.25, 0.3) is 5.91 Å². The van der Waals surface area contributed by atoms with Crippen LogP contribution in [0.15, 0.2) is 60.1 Å². The molecule has 0 aliphatic rings. The summed E-state index contributed by atoms with van der Waals surface area (Å²) in [6.45, 7) is 0. The monoisotopic (exact) mass is 334 g/mol. The van der Waals surface area contributed by atoms with Crippen molar-refractivity contribution in [3.8, 4) is 5.75 Å². The zero-order valence-corrected chi connectivity index (χ0v) is 13.8. The Morgan fingerprint density at radius 3 is 2.67 bits per heavy atom. The first-order valence-corrected chi connectivity index (χ1v) is 8.34. The van der Waals surface area contributed by atoms with E-state index >= 15 is 0 Å². The normalized spacial score (nSPS) is 10.9. The number of methoxy groups -OCH3 is 1. The summed E-state index contributed by atoms with van der Waals surface area (Å²) < 4.78 is 6.44. The van der Waals surface area contributed by atoms with E-state index < -0.39 is 0 Å². The molecule has 0 bridgehead atoms. The number of hydrogen-bond acceptors (Lipinski definition) is 4. The minimum atomic E-state index is -0.193. The van der Waals surface area contributed by atoms with Crippen molar-refractivity contribution in [2.24, 2.45) is 0 Å². The van der Waals surface area contributed by atoms with Crippen LogP contribution in [0.5, 0.6) is 5.75 Å². The van der Waals surface area contributed by atoms with Gasteiger partial charge in [-0.25, -0.2) is 4.98 Å². The van der Waals surface area contributed by atoms with Crippen molar-refractivity contribution in [2.75, 3.05) is 12.4 Å². The number of carbonyl (C=O) groups is 1.